The van der Waals surface area contributed by atoms with Crippen LogP contribution >= 0.6 is 15.9 Å². The van der Waals surface area contributed by atoms with Crippen molar-refractivity contribution in [3.63, 3.8) is 0 Å². The van der Waals surface area contributed by atoms with E-state index in [-0.39, 0.29) is 17.2 Å². The fourth-order valence-corrected chi connectivity index (χ4v) is 4.88. The van der Waals surface area contributed by atoms with Gasteiger partial charge in [0.15, 0.2) is 0 Å². The summed E-state index contributed by atoms with van der Waals surface area (Å²) in [5.41, 5.74) is 5.62. The van der Waals surface area contributed by atoms with Crippen LogP contribution in [0.25, 0.3) is 11.0 Å². The predicted octanol–water partition coefficient (Wildman–Crippen LogP) is 5.78. The zero-order valence-corrected chi connectivity index (χ0v) is 18.6. The minimum absolute atomic E-state index is 0.00734. The van der Waals surface area contributed by atoms with Gasteiger partial charge in [-0.1, -0.05) is 29.8 Å². The molecule has 2 aromatic carbocycles. The first-order chi connectivity index (χ1) is 13.7. The van der Waals surface area contributed by atoms with Gasteiger partial charge in [0, 0.05) is 42.1 Å². The van der Waals surface area contributed by atoms with E-state index >= 15 is 0 Å². The number of hydrogen-bond donors (Lipinski definition) is 0. The maximum atomic E-state index is 13.5. The molecule has 0 unspecified atom stereocenters. The van der Waals surface area contributed by atoms with Crippen molar-refractivity contribution < 1.29 is 8.78 Å². The molecular weight excluding hydrogens is 440 g/mol. The molecule has 0 saturated heterocycles. The molecule has 3 aromatic rings. The van der Waals surface area contributed by atoms with Crippen molar-refractivity contribution in [2.24, 2.45) is 14.1 Å². The standard InChI is InChI=1S/C22H24BrF2N3O/c1-12(2)15-9-14(10-19-20(15)27(4)22(29)26(19)3)28-7-5-6-13-8-17(23)16(21(24)25)11-18(13)28/h8-12,21H,5-7H2,1-4H3. The lowest BCUT2D eigenvalue weighted by Gasteiger charge is -2.33. The van der Waals surface area contributed by atoms with E-state index in [1.165, 1.54) is 0 Å². The van der Waals surface area contributed by atoms with Crippen molar-refractivity contribution in [2.75, 3.05) is 11.4 Å². The molecule has 1 aliphatic rings. The molecule has 1 aliphatic heterocycles. The zero-order valence-electron chi connectivity index (χ0n) is 17.0. The van der Waals surface area contributed by atoms with Gasteiger partial charge in [0.2, 0.25) is 0 Å². The van der Waals surface area contributed by atoms with Crippen LogP contribution in [0, 0.1) is 0 Å². The van der Waals surface area contributed by atoms with Gasteiger partial charge in [-0.25, -0.2) is 13.6 Å². The number of anilines is 2. The summed E-state index contributed by atoms with van der Waals surface area (Å²) in [6.45, 7) is 4.96. The Morgan fingerprint density at radius 2 is 1.76 bits per heavy atom. The highest BCUT2D eigenvalue weighted by molar-refractivity contribution is 9.10. The van der Waals surface area contributed by atoms with Crippen molar-refractivity contribution >= 4 is 38.3 Å². The molecule has 4 nitrogen and oxygen atoms in total. The predicted molar refractivity (Wildman–Crippen MR) is 117 cm³/mol. The topological polar surface area (TPSA) is 30.2 Å². The maximum Gasteiger partial charge on any atom is 0.328 e. The van der Waals surface area contributed by atoms with Gasteiger partial charge < -0.3 is 4.90 Å². The van der Waals surface area contributed by atoms with Crippen molar-refractivity contribution in [1.82, 2.24) is 9.13 Å². The zero-order chi connectivity index (χ0) is 21.0. The quantitative estimate of drug-likeness (QED) is 0.492. The number of imidazole rings is 1. The van der Waals surface area contributed by atoms with Crippen LogP contribution in [-0.4, -0.2) is 15.7 Å². The first-order valence-electron chi connectivity index (χ1n) is 9.78. The molecule has 0 atom stereocenters. The fourth-order valence-electron chi connectivity index (χ4n) is 4.32. The first kappa shape index (κ1) is 20.1. The highest BCUT2D eigenvalue weighted by atomic mass is 79.9. The molecular formula is C22H24BrF2N3O. The molecule has 0 aliphatic carbocycles. The van der Waals surface area contributed by atoms with Crippen LogP contribution in [-0.2, 0) is 20.5 Å². The second-order valence-electron chi connectivity index (χ2n) is 8.02. The van der Waals surface area contributed by atoms with E-state index in [1.807, 2.05) is 12.1 Å². The van der Waals surface area contributed by atoms with Crippen LogP contribution < -0.4 is 10.6 Å². The fraction of sp³-hybridized carbons (Fsp3) is 0.409. The summed E-state index contributed by atoms with van der Waals surface area (Å²) in [7, 11) is 3.56. The normalized spacial score (nSPS) is 14.3. The first-order valence-corrected chi connectivity index (χ1v) is 10.6. The third-order valence-corrected chi connectivity index (χ3v) is 6.55. The van der Waals surface area contributed by atoms with Crippen molar-refractivity contribution in [1.29, 1.82) is 0 Å². The molecule has 0 fully saturated rings. The molecule has 0 bridgehead atoms. The van der Waals surface area contributed by atoms with Crippen LogP contribution in [0.3, 0.4) is 0 Å². The van der Waals surface area contributed by atoms with E-state index in [1.54, 1.807) is 29.3 Å². The van der Waals surface area contributed by atoms with E-state index in [2.05, 4.69) is 40.7 Å². The van der Waals surface area contributed by atoms with Gasteiger partial charge in [-0.15, -0.1) is 0 Å². The van der Waals surface area contributed by atoms with Gasteiger partial charge in [0.1, 0.15) is 0 Å². The Hall–Kier alpha value is -2.15. The Bertz CT molecular complexity index is 1160. The summed E-state index contributed by atoms with van der Waals surface area (Å²) in [5.74, 6) is 0.219. The minimum atomic E-state index is -2.54. The average Bonchev–Trinajstić information content (AvgIpc) is 2.90. The van der Waals surface area contributed by atoms with Gasteiger partial charge >= 0.3 is 5.69 Å². The van der Waals surface area contributed by atoms with Gasteiger partial charge in [-0.2, -0.15) is 0 Å². The smallest absolute Gasteiger partial charge is 0.328 e. The molecule has 154 valence electrons. The van der Waals surface area contributed by atoms with E-state index < -0.39 is 6.43 Å². The largest absolute Gasteiger partial charge is 0.341 e. The van der Waals surface area contributed by atoms with Crippen LogP contribution in [0.4, 0.5) is 20.2 Å². The highest BCUT2D eigenvalue weighted by Gasteiger charge is 2.25. The number of benzene rings is 2. The maximum absolute atomic E-state index is 13.5. The van der Waals surface area contributed by atoms with Crippen molar-refractivity contribution in [3.8, 4) is 0 Å². The molecule has 0 spiro atoms. The Labute approximate surface area is 176 Å². The number of alkyl halides is 2. The number of rotatable bonds is 3. The third-order valence-electron chi connectivity index (χ3n) is 5.86. The Kier molecular flexibility index (Phi) is 5.05. The SMILES string of the molecule is CC(C)c1cc(N2CCCc3cc(Br)c(C(F)F)cc32)cc2c1n(C)c(=O)n2C. The summed E-state index contributed by atoms with van der Waals surface area (Å²) in [4.78, 5) is 14.6. The Morgan fingerprint density at radius 1 is 1.03 bits per heavy atom. The number of hydrogen-bond acceptors (Lipinski definition) is 2. The summed E-state index contributed by atoms with van der Waals surface area (Å²) in [6, 6.07) is 7.53. The Morgan fingerprint density at radius 3 is 2.41 bits per heavy atom. The summed E-state index contributed by atoms with van der Waals surface area (Å²) < 4.78 is 30.8. The lowest BCUT2D eigenvalue weighted by molar-refractivity contribution is 0.150. The Balaban J connectivity index is 1.96. The summed E-state index contributed by atoms with van der Waals surface area (Å²) in [6.07, 6.45) is -0.741. The molecule has 7 heteroatoms. The number of halogens is 3. The van der Waals surface area contributed by atoms with Crippen molar-refractivity contribution in [2.45, 2.75) is 39.0 Å². The monoisotopic (exact) mass is 463 g/mol. The van der Waals surface area contributed by atoms with Gasteiger partial charge in [-0.3, -0.25) is 9.13 Å². The highest BCUT2D eigenvalue weighted by Crippen LogP contribution is 2.41. The van der Waals surface area contributed by atoms with Crippen molar-refractivity contribution in [3.05, 3.63) is 55.9 Å². The number of fused-ring (bicyclic) bond motifs is 2. The van der Waals surface area contributed by atoms with Gasteiger partial charge in [-0.05, 0) is 54.2 Å². The van der Waals surface area contributed by atoms with Crippen LogP contribution in [0.2, 0.25) is 0 Å². The van der Waals surface area contributed by atoms with Gasteiger partial charge in [0.25, 0.3) is 6.43 Å². The van der Waals surface area contributed by atoms with E-state index in [0.717, 1.165) is 52.9 Å². The average molecular weight is 464 g/mol. The number of aryl methyl sites for hydroxylation is 3. The molecule has 4 rings (SSSR count). The lowest BCUT2D eigenvalue weighted by Crippen LogP contribution is -2.25. The third kappa shape index (κ3) is 3.19. The van der Waals surface area contributed by atoms with Gasteiger partial charge in [0.05, 0.1) is 11.0 Å². The van der Waals surface area contributed by atoms with Crippen LogP contribution in [0.15, 0.2) is 33.5 Å². The molecule has 0 radical (unpaired) electrons. The van der Waals surface area contributed by atoms with Crippen LogP contribution in [0.1, 0.15) is 49.3 Å². The molecule has 29 heavy (non-hydrogen) atoms. The second kappa shape index (κ2) is 7.27. The number of aromatic nitrogens is 2. The summed E-state index contributed by atoms with van der Waals surface area (Å²) >= 11 is 3.30. The second-order valence-corrected chi connectivity index (χ2v) is 8.87. The molecule has 2 heterocycles. The molecule has 0 N–H and O–H groups in total. The lowest BCUT2D eigenvalue weighted by atomic mass is 9.96. The van der Waals surface area contributed by atoms with E-state index in [4.69, 9.17) is 0 Å². The van der Waals surface area contributed by atoms with E-state index in [0.29, 0.717) is 4.47 Å². The van der Waals surface area contributed by atoms with Crippen LogP contribution in [0.5, 0.6) is 0 Å². The molecule has 0 saturated carbocycles. The molecule has 1 aromatic heterocycles. The molecule has 0 amide bonds. The summed E-state index contributed by atoms with van der Waals surface area (Å²) in [5, 5.41) is 0. The number of nitrogens with zero attached hydrogens (tertiary/aromatic N) is 3. The minimum Gasteiger partial charge on any atom is -0.341 e. The van der Waals surface area contributed by atoms with E-state index in [9.17, 15) is 13.6 Å².